The summed E-state index contributed by atoms with van der Waals surface area (Å²) in [5.74, 6) is -3.63. The Morgan fingerprint density at radius 2 is 1.65 bits per heavy atom. The third-order valence-corrected chi connectivity index (χ3v) is 9.42. The highest BCUT2D eigenvalue weighted by atomic mass is 16.2. The first-order valence-corrected chi connectivity index (χ1v) is 16.8. The fraction of sp³-hybridized carbons (Fsp3) is 0.765. The Kier molecular flexibility index (Phi) is 14.9. The number of amides is 5. The van der Waals surface area contributed by atoms with E-state index in [1.165, 1.54) is 4.90 Å². The van der Waals surface area contributed by atoms with E-state index in [9.17, 15) is 28.8 Å². The summed E-state index contributed by atoms with van der Waals surface area (Å²) in [5, 5.41) is 7.80. The van der Waals surface area contributed by atoms with Crippen LogP contribution in [0.2, 0.25) is 0 Å². The third kappa shape index (κ3) is 10.6. The second-order valence-electron chi connectivity index (χ2n) is 14.1. The molecular formula is C34H58N6O6. The van der Waals surface area contributed by atoms with Crippen LogP contribution in [0.3, 0.4) is 0 Å². The fourth-order valence-corrected chi connectivity index (χ4v) is 6.22. The van der Waals surface area contributed by atoms with Crippen LogP contribution in [0, 0.1) is 35.5 Å². The van der Waals surface area contributed by atoms with Gasteiger partial charge in [0.25, 0.3) is 5.91 Å². The molecule has 1 heterocycles. The first-order chi connectivity index (χ1) is 21.5. The number of likely N-dealkylation sites (tertiary alicyclic amines) is 1. The summed E-state index contributed by atoms with van der Waals surface area (Å²) in [6.07, 6.45) is 6.35. The highest BCUT2D eigenvalue weighted by molar-refractivity contribution is 6.38. The molecule has 5 N–H and O–H groups in total. The third-order valence-electron chi connectivity index (χ3n) is 9.42. The van der Waals surface area contributed by atoms with Gasteiger partial charge in [-0.1, -0.05) is 73.3 Å². The number of rotatable bonds is 18. The maximum absolute atomic E-state index is 14.0. The van der Waals surface area contributed by atoms with Crippen LogP contribution in [-0.2, 0) is 28.8 Å². The lowest BCUT2D eigenvalue weighted by Gasteiger charge is -2.32. The lowest BCUT2D eigenvalue weighted by atomic mass is 9.82. The van der Waals surface area contributed by atoms with Crippen molar-refractivity contribution >= 4 is 35.3 Å². The summed E-state index contributed by atoms with van der Waals surface area (Å²) in [5.41, 5.74) is 6.26. The van der Waals surface area contributed by atoms with E-state index in [-0.39, 0.29) is 41.4 Å². The van der Waals surface area contributed by atoms with Gasteiger partial charge in [-0.25, -0.2) is 0 Å². The van der Waals surface area contributed by atoms with E-state index in [0.29, 0.717) is 18.9 Å². The van der Waals surface area contributed by atoms with E-state index < -0.39 is 54.2 Å². The van der Waals surface area contributed by atoms with Crippen LogP contribution in [0.5, 0.6) is 0 Å². The molecular weight excluding hydrogens is 588 g/mol. The second kappa shape index (κ2) is 17.6. The molecule has 2 aliphatic rings. The average Bonchev–Trinajstić information content (AvgIpc) is 3.77. The van der Waals surface area contributed by atoms with Crippen molar-refractivity contribution in [3.05, 3.63) is 12.7 Å². The molecule has 1 aliphatic heterocycles. The Balaban J connectivity index is 2.21. The van der Waals surface area contributed by atoms with Gasteiger partial charge in [0.05, 0.1) is 18.6 Å². The Morgan fingerprint density at radius 3 is 2.17 bits per heavy atom. The van der Waals surface area contributed by atoms with Gasteiger partial charge in [-0.05, 0) is 42.4 Å². The number of hydrogen-bond donors (Lipinski definition) is 4. The van der Waals surface area contributed by atoms with Gasteiger partial charge in [-0.3, -0.25) is 28.8 Å². The van der Waals surface area contributed by atoms with Gasteiger partial charge in [0.2, 0.25) is 29.4 Å². The minimum atomic E-state index is -1.10. The van der Waals surface area contributed by atoms with E-state index >= 15 is 0 Å². The van der Waals surface area contributed by atoms with Gasteiger partial charge in [-0.2, -0.15) is 0 Å². The van der Waals surface area contributed by atoms with Crippen LogP contribution in [0.25, 0.3) is 0 Å². The van der Waals surface area contributed by atoms with E-state index in [4.69, 9.17) is 5.73 Å². The number of carbonyl (C=O) groups is 6. The van der Waals surface area contributed by atoms with Crippen molar-refractivity contribution in [2.75, 3.05) is 27.2 Å². The molecule has 1 saturated heterocycles. The second-order valence-corrected chi connectivity index (χ2v) is 14.1. The maximum Gasteiger partial charge on any atom is 0.290 e. The fourth-order valence-electron chi connectivity index (χ4n) is 6.22. The molecule has 0 aromatic rings. The number of likely N-dealkylation sites (N-methyl/N-ethyl adjacent to an activating group) is 1. The molecule has 1 saturated carbocycles. The minimum absolute atomic E-state index is 0.0461. The molecule has 0 spiro atoms. The number of Topliss-reactive ketones (excluding diaryl/α,β-unsaturated/α-hetero) is 1. The molecule has 2 rings (SSSR count). The van der Waals surface area contributed by atoms with Gasteiger partial charge in [-0.15, -0.1) is 6.58 Å². The molecule has 0 aromatic heterocycles. The summed E-state index contributed by atoms with van der Waals surface area (Å²) in [7, 11) is 3.14. The lowest BCUT2D eigenvalue weighted by Crippen LogP contribution is -2.57. The van der Waals surface area contributed by atoms with E-state index in [1.807, 2.05) is 20.8 Å². The van der Waals surface area contributed by atoms with Crippen molar-refractivity contribution < 1.29 is 28.8 Å². The highest BCUT2D eigenvalue weighted by Crippen LogP contribution is 2.37. The lowest BCUT2D eigenvalue weighted by molar-refractivity contribution is -0.144. The first kappa shape index (κ1) is 38.9. The Morgan fingerprint density at radius 1 is 1.02 bits per heavy atom. The summed E-state index contributed by atoms with van der Waals surface area (Å²) < 4.78 is 0. The maximum atomic E-state index is 14.0. The van der Waals surface area contributed by atoms with Gasteiger partial charge >= 0.3 is 0 Å². The van der Waals surface area contributed by atoms with Crippen molar-refractivity contribution in [2.45, 2.75) is 104 Å². The summed E-state index contributed by atoms with van der Waals surface area (Å²) in [4.78, 5) is 82.2. The van der Waals surface area contributed by atoms with E-state index in [1.54, 1.807) is 32.0 Å². The zero-order valence-corrected chi connectivity index (χ0v) is 29.1. The molecule has 1 aliphatic carbocycles. The van der Waals surface area contributed by atoms with Crippen molar-refractivity contribution in [1.29, 1.82) is 0 Å². The zero-order valence-electron chi connectivity index (χ0n) is 29.1. The number of carbonyl (C=O) groups excluding carboxylic acids is 6. The number of nitrogens with one attached hydrogen (secondary N) is 3. The number of nitrogens with two attached hydrogens (primary N) is 1. The van der Waals surface area contributed by atoms with Crippen molar-refractivity contribution in [2.24, 2.45) is 41.2 Å². The van der Waals surface area contributed by atoms with Gasteiger partial charge < -0.3 is 31.5 Å². The first-order valence-electron chi connectivity index (χ1n) is 16.8. The van der Waals surface area contributed by atoms with Gasteiger partial charge in [0, 0.05) is 26.6 Å². The van der Waals surface area contributed by atoms with Crippen LogP contribution in [0.4, 0.5) is 0 Å². The molecule has 5 amide bonds. The Bertz CT molecular complexity index is 1120. The van der Waals surface area contributed by atoms with E-state index in [0.717, 1.165) is 32.1 Å². The van der Waals surface area contributed by atoms with Crippen LogP contribution in [-0.4, -0.2) is 96.5 Å². The average molecular weight is 647 g/mol. The van der Waals surface area contributed by atoms with E-state index in [2.05, 4.69) is 36.4 Å². The molecule has 2 fully saturated rings. The minimum Gasteiger partial charge on any atom is -0.347 e. The van der Waals surface area contributed by atoms with Crippen LogP contribution < -0.4 is 21.7 Å². The van der Waals surface area contributed by atoms with Crippen LogP contribution in [0.15, 0.2) is 12.7 Å². The Hall–Kier alpha value is -3.28. The Labute approximate surface area is 275 Å². The molecule has 6 unspecified atom stereocenters. The molecule has 8 atom stereocenters. The smallest absolute Gasteiger partial charge is 0.290 e. The molecule has 46 heavy (non-hydrogen) atoms. The number of hydrogen-bond acceptors (Lipinski definition) is 7. The molecule has 0 bridgehead atoms. The normalized spacial score (nSPS) is 22.7. The topological polar surface area (TPSA) is 171 Å². The van der Waals surface area contributed by atoms with Gasteiger partial charge in [0.1, 0.15) is 12.1 Å². The SMILES string of the molecule is C=CC(C)C(NC(=O)CNC(=O)C(=O)C(CC1CC1)NC(=O)C1[C@@H](CC(C)CCC)[C@@H](C)CN1C(=O)C(N)C(C)C)C(=O)N(C)C. The quantitative estimate of drug-likeness (QED) is 0.130. The van der Waals surface area contributed by atoms with Crippen molar-refractivity contribution in [1.82, 2.24) is 25.8 Å². The zero-order chi connectivity index (χ0) is 34.9. The summed E-state index contributed by atoms with van der Waals surface area (Å²) in [6, 6.07) is -3.57. The van der Waals surface area contributed by atoms with Crippen molar-refractivity contribution in [3.63, 3.8) is 0 Å². The monoisotopic (exact) mass is 646 g/mol. The molecule has 12 nitrogen and oxygen atoms in total. The molecule has 12 heteroatoms. The standard InChI is InChI=1S/C34H58N6O6/c1-10-12-20(5)15-24-22(7)18-40(33(45)27(35)19(3)4)29(24)31(43)37-25(16-23-13-14-23)30(42)32(44)36-17-26(41)38-28(21(6)11-2)34(46)39(8)9/h11,19-25,27-29H,2,10,12-18,35H2,1,3-9H3,(H,36,44)(H,37,43)(H,38,41)/t20?,21?,22-,24-,25?,27?,28?,29?/m0/s1. The predicted molar refractivity (Wildman–Crippen MR) is 177 cm³/mol. The molecule has 260 valence electrons. The summed E-state index contributed by atoms with van der Waals surface area (Å²) in [6.45, 7) is 15.3. The largest absolute Gasteiger partial charge is 0.347 e. The van der Waals surface area contributed by atoms with Gasteiger partial charge in [0.15, 0.2) is 0 Å². The highest BCUT2D eigenvalue weighted by Gasteiger charge is 2.48. The molecule has 0 aromatic carbocycles. The van der Waals surface area contributed by atoms with Crippen LogP contribution in [0.1, 0.15) is 80.1 Å². The van der Waals surface area contributed by atoms with Crippen molar-refractivity contribution in [3.8, 4) is 0 Å². The molecule has 0 radical (unpaired) electrons. The number of ketones is 1. The summed E-state index contributed by atoms with van der Waals surface area (Å²) >= 11 is 0. The van der Waals surface area contributed by atoms with Crippen LogP contribution >= 0.6 is 0 Å². The predicted octanol–water partition coefficient (Wildman–Crippen LogP) is 1.62. The number of nitrogens with zero attached hydrogens (tertiary/aromatic N) is 2.